The van der Waals surface area contributed by atoms with Crippen molar-refractivity contribution in [3.05, 3.63) is 36.0 Å². The van der Waals surface area contributed by atoms with Gasteiger partial charge in [0.2, 0.25) is 0 Å². The van der Waals surface area contributed by atoms with E-state index in [1.54, 1.807) is 6.20 Å². The lowest BCUT2D eigenvalue weighted by atomic mass is 10.0. The third-order valence-electron chi connectivity index (χ3n) is 5.41. The van der Waals surface area contributed by atoms with E-state index in [-0.39, 0.29) is 5.91 Å². The maximum absolute atomic E-state index is 13.1. The SMILES string of the molecule is CCCCOc1ccc(-c2[nH]ncc2C(=O)N2CCC3(CC2)OCCO3)cc1. The van der Waals surface area contributed by atoms with E-state index >= 15 is 0 Å². The van der Waals surface area contributed by atoms with Gasteiger partial charge in [-0.3, -0.25) is 9.89 Å². The van der Waals surface area contributed by atoms with Crippen LogP contribution < -0.4 is 4.74 Å². The molecule has 0 atom stereocenters. The molecule has 4 rings (SSSR count). The predicted octanol–water partition coefficient (Wildman–Crippen LogP) is 3.23. The van der Waals surface area contributed by atoms with Crippen LogP contribution in [0.4, 0.5) is 0 Å². The number of rotatable bonds is 6. The summed E-state index contributed by atoms with van der Waals surface area (Å²) in [6.07, 6.45) is 5.16. The molecule has 0 unspecified atom stereocenters. The Morgan fingerprint density at radius 3 is 2.61 bits per heavy atom. The second-order valence-corrected chi connectivity index (χ2v) is 7.28. The average molecular weight is 385 g/mol. The summed E-state index contributed by atoms with van der Waals surface area (Å²) in [6.45, 7) is 5.37. The van der Waals surface area contributed by atoms with Gasteiger partial charge >= 0.3 is 0 Å². The largest absolute Gasteiger partial charge is 0.494 e. The van der Waals surface area contributed by atoms with Gasteiger partial charge in [0.1, 0.15) is 5.75 Å². The minimum atomic E-state index is -0.483. The Hall–Kier alpha value is -2.38. The molecule has 2 aliphatic rings. The number of nitrogens with zero attached hydrogens (tertiary/aromatic N) is 2. The van der Waals surface area contributed by atoms with Crippen molar-refractivity contribution in [2.24, 2.45) is 0 Å². The summed E-state index contributed by atoms with van der Waals surface area (Å²) < 4.78 is 17.2. The molecule has 7 heteroatoms. The Morgan fingerprint density at radius 2 is 1.93 bits per heavy atom. The summed E-state index contributed by atoms with van der Waals surface area (Å²) >= 11 is 0. The molecule has 1 amide bonds. The lowest BCUT2D eigenvalue weighted by Gasteiger charge is -2.37. The second kappa shape index (κ2) is 8.32. The fourth-order valence-corrected chi connectivity index (χ4v) is 3.73. The van der Waals surface area contributed by atoms with E-state index in [9.17, 15) is 4.79 Å². The van der Waals surface area contributed by atoms with E-state index in [2.05, 4.69) is 17.1 Å². The van der Waals surface area contributed by atoms with Gasteiger partial charge < -0.3 is 19.1 Å². The highest BCUT2D eigenvalue weighted by atomic mass is 16.7. The molecule has 2 fully saturated rings. The van der Waals surface area contributed by atoms with Gasteiger partial charge in [-0.1, -0.05) is 13.3 Å². The van der Waals surface area contributed by atoms with E-state index in [0.717, 1.165) is 29.8 Å². The molecule has 150 valence electrons. The molecule has 1 spiro atoms. The molecular formula is C21H27N3O4. The van der Waals surface area contributed by atoms with E-state index in [1.807, 2.05) is 29.2 Å². The lowest BCUT2D eigenvalue weighted by molar-refractivity contribution is -0.181. The number of hydrogen-bond donors (Lipinski definition) is 1. The molecule has 2 aliphatic heterocycles. The number of H-pyrrole nitrogens is 1. The van der Waals surface area contributed by atoms with E-state index in [0.29, 0.717) is 51.3 Å². The van der Waals surface area contributed by atoms with Gasteiger partial charge in [0.25, 0.3) is 5.91 Å². The van der Waals surface area contributed by atoms with Crippen LogP contribution in [0.1, 0.15) is 43.0 Å². The van der Waals surface area contributed by atoms with Crippen molar-refractivity contribution in [3.8, 4) is 17.0 Å². The summed E-state index contributed by atoms with van der Waals surface area (Å²) in [6, 6.07) is 7.77. The molecule has 0 radical (unpaired) electrons. The Balaban J connectivity index is 1.43. The number of carbonyl (C=O) groups excluding carboxylic acids is 1. The molecule has 0 saturated carbocycles. The van der Waals surface area contributed by atoms with Crippen molar-refractivity contribution >= 4 is 5.91 Å². The molecule has 2 saturated heterocycles. The molecule has 3 heterocycles. The standard InChI is InChI=1S/C21H27N3O4/c1-2-3-12-26-17-6-4-16(5-7-17)19-18(15-22-23-19)20(25)24-10-8-21(9-11-24)27-13-14-28-21/h4-7,15H,2-3,8-14H2,1H3,(H,22,23). The molecule has 28 heavy (non-hydrogen) atoms. The number of amides is 1. The Morgan fingerprint density at radius 1 is 1.21 bits per heavy atom. The molecule has 0 aliphatic carbocycles. The number of hydrogen-bond acceptors (Lipinski definition) is 5. The quantitative estimate of drug-likeness (QED) is 0.773. The highest BCUT2D eigenvalue weighted by molar-refractivity contribution is 5.99. The third-order valence-corrected chi connectivity index (χ3v) is 5.41. The Bertz CT molecular complexity index is 786. The fourth-order valence-electron chi connectivity index (χ4n) is 3.73. The number of aromatic amines is 1. The van der Waals surface area contributed by atoms with Crippen LogP contribution in [-0.2, 0) is 9.47 Å². The number of nitrogens with one attached hydrogen (secondary N) is 1. The third kappa shape index (κ3) is 3.91. The number of benzene rings is 1. The highest BCUT2D eigenvalue weighted by Crippen LogP contribution is 2.32. The summed E-state index contributed by atoms with van der Waals surface area (Å²) in [5.41, 5.74) is 2.24. The van der Waals surface area contributed by atoms with E-state index < -0.39 is 5.79 Å². The molecule has 7 nitrogen and oxygen atoms in total. The maximum atomic E-state index is 13.1. The first kappa shape index (κ1) is 19.0. The van der Waals surface area contributed by atoms with Crippen molar-refractivity contribution in [2.75, 3.05) is 32.9 Å². The van der Waals surface area contributed by atoms with Crippen molar-refractivity contribution < 1.29 is 19.0 Å². The smallest absolute Gasteiger partial charge is 0.257 e. The van der Waals surface area contributed by atoms with Crippen molar-refractivity contribution in [2.45, 2.75) is 38.4 Å². The predicted molar refractivity (Wildman–Crippen MR) is 104 cm³/mol. The second-order valence-electron chi connectivity index (χ2n) is 7.28. The monoisotopic (exact) mass is 385 g/mol. The van der Waals surface area contributed by atoms with E-state index in [1.165, 1.54) is 0 Å². The van der Waals surface area contributed by atoms with Gasteiger partial charge in [0.05, 0.1) is 37.3 Å². The van der Waals surface area contributed by atoms with Gasteiger partial charge in [-0.2, -0.15) is 5.10 Å². The van der Waals surface area contributed by atoms with Crippen molar-refractivity contribution in [3.63, 3.8) is 0 Å². The molecule has 0 bridgehead atoms. The summed E-state index contributed by atoms with van der Waals surface area (Å²) in [4.78, 5) is 14.9. The number of piperidine rings is 1. The summed E-state index contributed by atoms with van der Waals surface area (Å²) in [5, 5.41) is 7.09. The highest BCUT2D eigenvalue weighted by Gasteiger charge is 2.41. The van der Waals surface area contributed by atoms with Crippen molar-refractivity contribution in [1.82, 2.24) is 15.1 Å². The zero-order valence-corrected chi connectivity index (χ0v) is 16.3. The number of carbonyl (C=O) groups is 1. The van der Waals surface area contributed by atoms with Crippen LogP contribution in [-0.4, -0.2) is 59.7 Å². The normalized spacial score (nSPS) is 18.5. The molecule has 1 N–H and O–H groups in total. The first-order valence-corrected chi connectivity index (χ1v) is 10.0. The summed E-state index contributed by atoms with van der Waals surface area (Å²) in [5.74, 6) is 0.339. The minimum absolute atomic E-state index is 0.0140. The number of ether oxygens (including phenoxy) is 3. The zero-order chi connectivity index (χ0) is 19.4. The fraction of sp³-hybridized carbons (Fsp3) is 0.524. The zero-order valence-electron chi connectivity index (χ0n) is 16.3. The molecule has 2 aromatic rings. The topological polar surface area (TPSA) is 76.7 Å². The minimum Gasteiger partial charge on any atom is -0.494 e. The van der Waals surface area contributed by atoms with Gasteiger partial charge in [-0.05, 0) is 30.7 Å². The van der Waals surface area contributed by atoms with Crippen molar-refractivity contribution in [1.29, 1.82) is 0 Å². The first-order chi connectivity index (χ1) is 13.7. The molecule has 1 aromatic heterocycles. The molecular weight excluding hydrogens is 358 g/mol. The van der Waals surface area contributed by atoms with Crippen LogP contribution in [0.25, 0.3) is 11.3 Å². The van der Waals surface area contributed by atoms with E-state index in [4.69, 9.17) is 14.2 Å². The maximum Gasteiger partial charge on any atom is 0.257 e. The van der Waals surface area contributed by atoms with Gasteiger partial charge in [-0.15, -0.1) is 0 Å². The number of aromatic nitrogens is 2. The van der Waals surface area contributed by atoms with Gasteiger partial charge in [-0.25, -0.2) is 0 Å². The van der Waals surface area contributed by atoms with Gasteiger partial charge in [0.15, 0.2) is 5.79 Å². The van der Waals surface area contributed by atoms with Crippen LogP contribution in [0.3, 0.4) is 0 Å². The number of unbranched alkanes of at least 4 members (excludes halogenated alkanes) is 1. The Kier molecular flexibility index (Phi) is 5.64. The van der Waals surface area contributed by atoms with Crippen LogP contribution in [0.2, 0.25) is 0 Å². The Labute approximate surface area is 165 Å². The van der Waals surface area contributed by atoms with Crippen LogP contribution in [0.5, 0.6) is 5.75 Å². The van der Waals surface area contributed by atoms with Gasteiger partial charge in [0, 0.05) is 31.5 Å². The van der Waals surface area contributed by atoms with Crippen LogP contribution in [0, 0.1) is 0 Å². The lowest BCUT2D eigenvalue weighted by Crippen LogP contribution is -2.47. The van der Waals surface area contributed by atoms with Crippen LogP contribution in [0.15, 0.2) is 30.5 Å². The summed E-state index contributed by atoms with van der Waals surface area (Å²) in [7, 11) is 0. The molecule has 1 aromatic carbocycles. The van der Waals surface area contributed by atoms with Crippen LogP contribution >= 0.6 is 0 Å². The number of likely N-dealkylation sites (tertiary alicyclic amines) is 1. The first-order valence-electron chi connectivity index (χ1n) is 10.0. The average Bonchev–Trinajstić information content (AvgIpc) is 3.39.